The van der Waals surface area contributed by atoms with E-state index in [-0.39, 0.29) is 18.1 Å². The van der Waals surface area contributed by atoms with E-state index in [0.717, 1.165) is 10.6 Å². The van der Waals surface area contributed by atoms with Gasteiger partial charge in [0.1, 0.15) is 5.75 Å². The van der Waals surface area contributed by atoms with Crippen LogP contribution >= 0.6 is 11.3 Å². The Morgan fingerprint density at radius 2 is 1.85 bits per heavy atom. The first-order valence-corrected chi connectivity index (χ1v) is 7.55. The molecule has 3 nitrogen and oxygen atoms in total. The van der Waals surface area contributed by atoms with E-state index in [0.29, 0.717) is 5.56 Å². The number of thiophene rings is 1. The Morgan fingerprint density at radius 3 is 2.40 bits per heavy atom. The number of carbonyl (C=O) groups is 1. The second-order valence-electron chi connectivity index (χ2n) is 4.90. The van der Waals surface area contributed by atoms with Crippen LogP contribution in [0.1, 0.15) is 42.0 Å². The molecule has 2 rings (SSSR count). The quantitative estimate of drug-likeness (QED) is 0.902. The number of ether oxygens (including phenoxy) is 1. The minimum atomic E-state index is -0.0676. The van der Waals surface area contributed by atoms with Crippen molar-refractivity contribution in [3.8, 4) is 5.75 Å². The highest BCUT2D eigenvalue weighted by atomic mass is 32.1. The van der Waals surface area contributed by atoms with Gasteiger partial charge in [-0.3, -0.25) is 4.79 Å². The van der Waals surface area contributed by atoms with Gasteiger partial charge in [0, 0.05) is 10.4 Å². The normalized spacial score (nSPS) is 12.2. The van der Waals surface area contributed by atoms with Crippen molar-refractivity contribution in [2.24, 2.45) is 0 Å². The first-order chi connectivity index (χ1) is 9.56. The van der Waals surface area contributed by atoms with Crippen molar-refractivity contribution >= 4 is 17.2 Å². The van der Waals surface area contributed by atoms with Gasteiger partial charge in [0.05, 0.1) is 12.1 Å². The summed E-state index contributed by atoms with van der Waals surface area (Å²) < 4.78 is 5.56. The smallest absolute Gasteiger partial charge is 0.251 e. The van der Waals surface area contributed by atoms with Crippen molar-refractivity contribution in [3.63, 3.8) is 0 Å². The number of benzene rings is 1. The van der Waals surface area contributed by atoms with E-state index >= 15 is 0 Å². The first kappa shape index (κ1) is 14.6. The van der Waals surface area contributed by atoms with Crippen molar-refractivity contribution in [2.45, 2.75) is 32.9 Å². The number of amides is 1. The first-order valence-electron chi connectivity index (χ1n) is 6.67. The summed E-state index contributed by atoms with van der Waals surface area (Å²) in [7, 11) is 0. The van der Waals surface area contributed by atoms with Gasteiger partial charge in [-0.25, -0.2) is 0 Å². The summed E-state index contributed by atoms with van der Waals surface area (Å²) in [5, 5.41) is 5.00. The molecular weight excluding hydrogens is 270 g/mol. The van der Waals surface area contributed by atoms with E-state index in [4.69, 9.17) is 4.74 Å². The third-order valence-corrected chi connectivity index (χ3v) is 3.86. The van der Waals surface area contributed by atoms with Gasteiger partial charge in [0.2, 0.25) is 0 Å². The van der Waals surface area contributed by atoms with E-state index in [1.165, 1.54) is 0 Å². The highest BCUT2D eigenvalue weighted by molar-refractivity contribution is 7.10. The monoisotopic (exact) mass is 289 g/mol. The van der Waals surface area contributed by atoms with Gasteiger partial charge < -0.3 is 10.1 Å². The van der Waals surface area contributed by atoms with Gasteiger partial charge in [0.15, 0.2) is 0 Å². The van der Waals surface area contributed by atoms with Gasteiger partial charge in [-0.1, -0.05) is 6.07 Å². The zero-order valence-corrected chi connectivity index (χ0v) is 12.7. The summed E-state index contributed by atoms with van der Waals surface area (Å²) in [6.07, 6.45) is 0.133. The molecule has 0 saturated carbocycles. The van der Waals surface area contributed by atoms with Crippen LogP contribution in [0.25, 0.3) is 0 Å². The number of nitrogens with one attached hydrogen (secondary N) is 1. The van der Waals surface area contributed by atoms with Crippen molar-refractivity contribution in [1.82, 2.24) is 5.32 Å². The highest BCUT2D eigenvalue weighted by Gasteiger charge is 2.12. The maximum Gasteiger partial charge on any atom is 0.251 e. The highest BCUT2D eigenvalue weighted by Crippen LogP contribution is 2.19. The average molecular weight is 289 g/mol. The molecule has 0 bridgehead atoms. The van der Waals surface area contributed by atoms with Crippen LogP contribution in [-0.2, 0) is 0 Å². The van der Waals surface area contributed by atoms with Crippen LogP contribution < -0.4 is 10.1 Å². The Hall–Kier alpha value is -1.81. The fraction of sp³-hybridized carbons (Fsp3) is 0.312. The molecule has 106 valence electrons. The van der Waals surface area contributed by atoms with Crippen LogP contribution in [-0.4, -0.2) is 12.0 Å². The van der Waals surface area contributed by atoms with Gasteiger partial charge in [-0.2, -0.15) is 0 Å². The lowest BCUT2D eigenvalue weighted by molar-refractivity contribution is 0.0940. The summed E-state index contributed by atoms with van der Waals surface area (Å²) in [6, 6.07) is 11.3. The SMILES string of the molecule is CC(C)Oc1ccc(C(=O)NC(C)c2cccs2)cc1. The standard InChI is InChI=1S/C16H19NO2S/c1-11(2)19-14-8-6-13(7-9-14)16(18)17-12(3)15-5-4-10-20-15/h4-12H,1-3H3,(H,17,18). The maximum absolute atomic E-state index is 12.1. The largest absolute Gasteiger partial charge is 0.491 e. The van der Waals surface area contributed by atoms with E-state index in [1.54, 1.807) is 23.5 Å². The Morgan fingerprint density at radius 1 is 1.15 bits per heavy atom. The molecule has 1 amide bonds. The Kier molecular flexibility index (Phi) is 4.79. The van der Waals surface area contributed by atoms with Gasteiger partial charge in [-0.15, -0.1) is 11.3 Å². The minimum Gasteiger partial charge on any atom is -0.491 e. The molecule has 1 aromatic carbocycles. The summed E-state index contributed by atoms with van der Waals surface area (Å²) >= 11 is 1.64. The molecule has 1 atom stereocenters. The summed E-state index contributed by atoms with van der Waals surface area (Å²) in [4.78, 5) is 13.3. The Balaban J connectivity index is 1.99. The van der Waals surface area contributed by atoms with Crippen LogP contribution in [0.4, 0.5) is 0 Å². The third-order valence-electron chi connectivity index (χ3n) is 2.81. The molecule has 0 aliphatic rings. The molecule has 1 unspecified atom stereocenters. The van der Waals surface area contributed by atoms with Crippen LogP contribution in [0, 0.1) is 0 Å². The van der Waals surface area contributed by atoms with E-state index in [2.05, 4.69) is 5.32 Å². The second kappa shape index (κ2) is 6.57. The topological polar surface area (TPSA) is 38.3 Å². The molecule has 0 aliphatic heterocycles. The average Bonchev–Trinajstić information content (AvgIpc) is 2.92. The van der Waals surface area contributed by atoms with E-state index < -0.39 is 0 Å². The molecule has 0 aliphatic carbocycles. The molecule has 20 heavy (non-hydrogen) atoms. The molecule has 0 saturated heterocycles. The van der Waals surface area contributed by atoms with Crippen molar-refractivity contribution in [3.05, 3.63) is 52.2 Å². The van der Waals surface area contributed by atoms with Crippen LogP contribution in [0.3, 0.4) is 0 Å². The molecule has 1 N–H and O–H groups in total. The fourth-order valence-electron chi connectivity index (χ4n) is 1.85. The van der Waals surface area contributed by atoms with Gasteiger partial charge in [0.25, 0.3) is 5.91 Å². The lowest BCUT2D eigenvalue weighted by Crippen LogP contribution is -2.26. The Labute approximate surface area is 123 Å². The minimum absolute atomic E-state index is 0.0223. The Bertz CT molecular complexity index is 546. The second-order valence-corrected chi connectivity index (χ2v) is 5.88. The van der Waals surface area contributed by atoms with E-state index in [9.17, 15) is 4.79 Å². The molecule has 4 heteroatoms. The number of hydrogen-bond acceptors (Lipinski definition) is 3. The number of carbonyl (C=O) groups excluding carboxylic acids is 1. The molecule has 0 fully saturated rings. The molecule has 1 aromatic heterocycles. The molecule has 0 radical (unpaired) electrons. The van der Waals surface area contributed by atoms with Crippen molar-refractivity contribution < 1.29 is 9.53 Å². The predicted octanol–water partition coefficient (Wildman–Crippen LogP) is 4.03. The van der Waals surface area contributed by atoms with Crippen LogP contribution in [0.5, 0.6) is 5.75 Å². The zero-order chi connectivity index (χ0) is 14.5. The number of rotatable bonds is 5. The van der Waals surface area contributed by atoms with Gasteiger partial charge >= 0.3 is 0 Å². The number of hydrogen-bond donors (Lipinski definition) is 1. The lowest BCUT2D eigenvalue weighted by Gasteiger charge is -2.13. The van der Waals surface area contributed by atoms with E-state index in [1.807, 2.05) is 50.4 Å². The summed E-state index contributed by atoms with van der Waals surface area (Å²) in [6.45, 7) is 5.94. The molecule has 2 aromatic rings. The van der Waals surface area contributed by atoms with Crippen molar-refractivity contribution in [2.75, 3.05) is 0 Å². The fourth-order valence-corrected chi connectivity index (χ4v) is 2.58. The summed E-state index contributed by atoms with van der Waals surface area (Å²) in [5.74, 6) is 0.713. The maximum atomic E-state index is 12.1. The predicted molar refractivity (Wildman–Crippen MR) is 82.4 cm³/mol. The molecule has 1 heterocycles. The summed E-state index contributed by atoms with van der Waals surface area (Å²) in [5.41, 5.74) is 0.643. The van der Waals surface area contributed by atoms with Gasteiger partial charge in [-0.05, 0) is 56.5 Å². The molecular formula is C16H19NO2S. The van der Waals surface area contributed by atoms with Crippen molar-refractivity contribution in [1.29, 1.82) is 0 Å². The van der Waals surface area contributed by atoms with Crippen LogP contribution in [0.15, 0.2) is 41.8 Å². The molecule has 0 spiro atoms. The third kappa shape index (κ3) is 3.84. The zero-order valence-electron chi connectivity index (χ0n) is 11.9. The lowest BCUT2D eigenvalue weighted by atomic mass is 10.2. The van der Waals surface area contributed by atoms with Crippen LogP contribution in [0.2, 0.25) is 0 Å².